The van der Waals surface area contributed by atoms with Crippen molar-refractivity contribution in [3.63, 3.8) is 0 Å². The maximum atomic E-state index is 8.23. The Labute approximate surface area is 72.7 Å². The zero-order valence-electron chi connectivity index (χ0n) is 5.46. The molecular formula is C7H9BrOS. The minimum atomic E-state index is 0.857. The highest BCUT2D eigenvalue weighted by atomic mass is 79.9. The van der Waals surface area contributed by atoms with Gasteiger partial charge in [-0.15, -0.1) is 0 Å². The quantitative estimate of drug-likeness (QED) is 0.581. The van der Waals surface area contributed by atoms with E-state index in [0.717, 1.165) is 17.6 Å². The lowest BCUT2D eigenvalue weighted by Crippen LogP contribution is -1.74. The lowest BCUT2D eigenvalue weighted by atomic mass is 10.3. The van der Waals surface area contributed by atoms with Gasteiger partial charge in [-0.25, -0.2) is 0 Å². The van der Waals surface area contributed by atoms with E-state index in [0.29, 0.717) is 0 Å². The lowest BCUT2D eigenvalue weighted by molar-refractivity contribution is 0.474. The molecule has 0 radical (unpaired) electrons. The van der Waals surface area contributed by atoms with Gasteiger partial charge in [-0.3, -0.25) is 0 Å². The van der Waals surface area contributed by atoms with Gasteiger partial charge in [0.15, 0.2) is 0 Å². The molecule has 0 amide bonds. The van der Waals surface area contributed by atoms with Crippen LogP contribution in [0.25, 0.3) is 0 Å². The predicted molar refractivity (Wildman–Crippen MR) is 51.4 cm³/mol. The summed E-state index contributed by atoms with van der Waals surface area (Å²) < 4.78 is 0. The molecular weight excluding hydrogens is 212 g/mol. The SMILES string of the molecule is C=C(/C=C\C=C\O)CSBr. The second-order valence-corrected chi connectivity index (χ2v) is 3.49. The Morgan fingerprint density at radius 2 is 2.30 bits per heavy atom. The molecule has 0 fully saturated rings. The zero-order valence-corrected chi connectivity index (χ0v) is 7.86. The van der Waals surface area contributed by atoms with E-state index in [4.69, 9.17) is 5.11 Å². The second kappa shape index (κ2) is 6.96. The van der Waals surface area contributed by atoms with Crippen molar-refractivity contribution in [3.05, 3.63) is 36.6 Å². The van der Waals surface area contributed by atoms with Gasteiger partial charge < -0.3 is 5.11 Å². The highest BCUT2D eigenvalue weighted by Gasteiger charge is 1.83. The van der Waals surface area contributed by atoms with Crippen molar-refractivity contribution in [1.29, 1.82) is 0 Å². The van der Waals surface area contributed by atoms with Gasteiger partial charge in [-0.1, -0.05) is 28.9 Å². The minimum absolute atomic E-state index is 0.857. The van der Waals surface area contributed by atoms with Crippen molar-refractivity contribution >= 4 is 25.0 Å². The van der Waals surface area contributed by atoms with E-state index in [2.05, 4.69) is 21.4 Å². The Kier molecular flexibility index (Phi) is 6.86. The van der Waals surface area contributed by atoms with Crippen LogP contribution in [-0.2, 0) is 0 Å². The van der Waals surface area contributed by atoms with Gasteiger partial charge >= 0.3 is 0 Å². The van der Waals surface area contributed by atoms with Gasteiger partial charge in [0, 0.05) is 5.75 Å². The average molecular weight is 221 g/mol. The molecule has 0 atom stereocenters. The lowest BCUT2D eigenvalue weighted by Gasteiger charge is -1.90. The van der Waals surface area contributed by atoms with Crippen molar-refractivity contribution in [1.82, 2.24) is 0 Å². The maximum absolute atomic E-state index is 8.23. The molecule has 0 unspecified atom stereocenters. The normalized spacial score (nSPS) is 11.3. The Morgan fingerprint density at radius 1 is 1.60 bits per heavy atom. The molecule has 0 saturated heterocycles. The number of halogens is 1. The van der Waals surface area contributed by atoms with Crippen molar-refractivity contribution in [2.45, 2.75) is 0 Å². The van der Waals surface area contributed by atoms with Crippen LogP contribution in [0.15, 0.2) is 36.6 Å². The molecule has 1 N–H and O–H groups in total. The first-order chi connectivity index (χ1) is 4.81. The number of aliphatic hydroxyl groups is 1. The third-order valence-electron chi connectivity index (χ3n) is 0.769. The summed E-state index contributed by atoms with van der Waals surface area (Å²) in [6.07, 6.45) is 6.13. The Bertz CT molecular complexity index is 152. The zero-order chi connectivity index (χ0) is 7.82. The molecule has 0 aliphatic carbocycles. The molecule has 0 saturated carbocycles. The number of allylic oxidation sites excluding steroid dienone is 3. The standard InChI is InChI=1S/C7H9BrOS/c1-7(6-10-8)4-2-3-5-9/h2-5,9H,1,6H2/b4-2-,5-3+. The number of hydrogen-bond acceptors (Lipinski definition) is 2. The molecule has 0 aromatic carbocycles. The molecule has 0 heterocycles. The summed E-state index contributed by atoms with van der Waals surface area (Å²) in [6, 6.07) is 0. The molecule has 0 aromatic heterocycles. The summed E-state index contributed by atoms with van der Waals surface area (Å²) in [5.74, 6) is 0.857. The van der Waals surface area contributed by atoms with E-state index < -0.39 is 0 Å². The van der Waals surface area contributed by atoms with Crippen LogP contribution in [0.5, 0.6) is 0 Å². The second-order valence-electron chi connectivity index (χ2n) is 1.61. The van der Waals surface area contributed by atoms with Crippen molar-refractivity contribution in [2.24, 2.45) is 0 Å². The molecule has 0 spiro atoms. The average Bonchev–Trinajstić information content (AvgIpc) is 1.89. The highest BCUT2D eigenvalue weighted by molar-refractivity contribution is 9.50. The molecule has 0 rings (SSSR count). The highest BCUT2D eigenvalue weighted by Crippen LogP contribution is 2.13. The molecule has 0 aliphatic heterocycles. The van der Waals surface area contributed by atoms with Crippen LogP contribution < -0.4 is 0 Å². The first kappa shape index (κ1) is 9.85. The van der Waals surface area contributed by atoms with Crippen molar-refractivity contribution < 1.29 is 5.11 Å². The largest absolute Gasteiger partial charge is 0.516 e. The van der Waals surface area contributed by atoms with Gasteiger partial charge in [0.1, 0.15) is 0 Å². The Morgan fingerprint density at radius 3 is 2.80 bits per heavy atom. The van der Waals surface area contributed by atoms with Gasteiger partial charge in [0.2, 0.25) is 0 Å². The predicted octanol–water partition coefficient (Wildman–Crippen LogP) is 3.21. The first-order valence-corrected chi connectivity index (χ1v) is 5.53. The van der Waals surface area contributed by atoms with E-state index in [1.807, 2.05) is 6.08 Å². The third kappa shape index (κ3) is 5.98. The van der Waals surface area contributed by atoms with Crippen LogP contribution in [0.2, 0.25) is 0 Å². The van der Waals surface area contributed by atoms with Gasteiger partial charge in [-0.2, -0.15) is 0 Å². The molecule has 0 aromatic rings. The number of rotatable bonds is 4. The smallest absolute Gasteiger partial charge is 0.0791 e. The Hall–Kier alpha value is -0.150. The fraction of sp³-hybridized carbons (Fsp3) is 0.143. The van der Waals surface area contributed by atoms with E-state index in [9.17, 15) is 0 Å². The van der Waals surface area contributed by atoms with Crippen LogP contribution in [-0.4, -0.2) is 10.9 Å². The van der Waals surface area contributed by atoms with Crippen LogP contribution >= 0.6 is 25.0 Å². The summed E-state index contributed by atoms with van der Waals surface area (Å²) in [5, 5.41) is 8.23. The molecule has 10 heavy (non-hydrogen) atoms. The number of aliphatic hydroxyl groups excluding tert-OH is 1. The van der Waals surface area contributed by atoms with Gasteiger partial charge in [0.05, 0.1) is 6.26 Å². The number of hydrogen-bond donors (Lipinski definition) is 1. The maximum Gasteiger partial charge on any atom is 0.0791 e. The van der Waals surface area contributed by atoms with Crippen LogP contribution in [0, 0.1) is 0 Å². The molecule has 0 bridgehead atoms. The summed E-state index contributed by atoms with van der Waals surface area (Å²) in [6.45, 7) is 3.76. The van der Waals surface area contributed by atoms with E-state index in [-0.39, 0.29) is 0 Å². The first-order valence-electron chi connectivity index (χ1n) is 2.70. The van der Waals surface area contributed by atoms with Crippen LogP contribution in [0.3, 0.4) is 0 Å². The van der Waals surface area contributed by atoms with E-state index in [1.165, 1.54) is 0 Å². The van der Waals surface area contributed by atoms with Crippen molar-refractivity contribution in [2.75, 3.05) is 5.75 Å². The summed E-state index contributed by atoms with van der Waals surface area (Å²) in [5.41, 5.74) is 1.01. The minimum Gasteiger partial charge on any atom is -0.516 e. The van der Waals surface area contributed by atoms with E-state index >= 15 is 0 Å². The van der Waals surface area contributed by atoms with Crippen LogP contribution in [0.4, 0.5) is 0 Å². The van der Waals surface area contributed by atoms with Crippen LogP contribution in [0.1, 0.15) is 0 Å². The fourth-order valence-corrected chi connectivity index (χ4v) is 1.48. The Balaban J connectivity index is 3.56. The summed E-state index contributed by atoms with van der Waals surface area (Å²) in [7, 11) is 1.54. The topological polar surface area (TPSA) is 20.2 Å². The molecule has 1 nitrogen and oxygen atoms in total. The molecule has 3 heteroatoms. The summed E-state index contributed by atoms with van der Waals surface area (Å²) >= 11 is 3.21. The van der Waals surface area contributed by atoms with Gasteiger partial charge in [0.25, 0.3) is 0 Å². The molecule has 56 valence electrons. The monoisotopic (exact) mass is 220 g/mol. The van der Waals surface area contributed by atoms with Crippen molar-refractivity contribution in [3.8, 4) is 0 Å². The van der Waals surface area contributed by atoms with E-state index in [1.54, 1.807) is 22.3 Å². The fourth-order valence-electron chi connectivity index (χ4n) is 0.360. The molecule has 0 aliphatic rings. The third-order valence-corrected chi connectivity index (χ3v) is 1.94. The van der Waals surface area contributed by atoms with Gasteiger partial charge in [-0.05, 0) is 26.5 Å². The summed E-state index contributed by atoms with van der Waals surface area (Å²) in [4.78, 5) is 0.